The Labute approximate surface area is 258 Å². The van der Waals surface area contributed by atoms with Crippen LogP contribution < -0.4 is 0 Å². The molecule has 0 bridgehead atoms. The van der Waals surface area contributed by atoms with Crippen molar-refractivity contribution in [3.05, 3.63) is 0 Å². The summed E-state index contributed by atoms with van der Waals surface area (Å²) in [6, 6.07) is 0. The van der Waals surface area contributed by atoms with E-state index in [1.54, 1.807) is 0 Å². The molecule has 0 aromatic carbocycles. The lowest BCUT2D eigenvalue weighted by Crippen LogP contribution is -2.68. The number of hydrogen-bond donors (Lipinski definition) is 14. The molecule has 4 rings (SSSR count). The molecule has 22 heteroatoms. The molecule has 4 heterocycles. The van der Waals surface area contributed by atoms with E-state index in [-0.39, 0.29) is 0 Å². The fraction of sp³-hybridized carbons (Fsp3) is 0.958. The minimum absolute atomic E-state index is 0.837. The molecule has 0 amide bonds. The first-order chi connectivity index (χ1) is 21.7. The van der Waals surface area contributed by atoms with Gasteiger partial charge in [0.15, 0.2) is 31.3 Å². The van der Waals surface area contributed by atoms with Crippen molar-refractivity contribution in [3.63, 3.8) is 0 Å². The number of aliphatic carboxylic acids is 1. The summed E-state index contributed by atoms with van der Waals surface area (Å²) < 4.78 is 37.3. The quantitative estimate of drug-likeness (QED) is 0.102. The molecule has 0 aliphatic carbocycles. The molecule has 4 aliphatic heterocycles. The number of aliphatic hydroxyl groups excluding tert-OH is 13. The van der Waals surface area contributed by atoms with Gasteiger partial charge in [0.05, 0.1) is 19.8 Å². The zero-order chi connectivity index (χ0) is 34.2. The number of ether oxygens (including phenoxy) is 7. The van der Waals surface area contributed by atoms with Crippen LogP contribution in [0.5, 0.6) is 0 Å². The maximum absolute atomic E-state index is 11.8. The van der Waals surface area contributed by atoms with Gasteiger partial charge in [-0.05, 0) is 0 Å². The molecule has 46 heavy (non-hydrogen) atoms. The SMILES string of the molecule is O=C(O)[C@H]1O[C@H](O[C@@H]2[C@H](O)[C@@H](O[C@H]3[C@H](O)[C@@H](CO)OC(O)[C@@H]3O)O[C@H](CO)[C@H]2O)[C@H](O[C@@H]2O[C@H](CO)[C@@H](O)[C@H](O)[C@H]2O)[C@@H](O)[C@@H]1O. The topological polar surface area (TPSA) is 365 Å². The molecule has 22 nitrogen and oxygen atoms in total. The van der Waals surface area contributed by atoms with Crippen molar-refractivity contribution in [1.82, 2.24) is 0 Å². The maximum atomic E-state index is 11.8. The zero-order valence-electron chi connectivity index (χ0n) is 23.7. The first-order valence-electron chi connectivity index (χ1n) is 14.1. The third kappa shape index (κ3) is 7.31. The molecule has 4 saturated heterocycles. The molecule has 14 N–H and O–H groups in total. The minimum Gasteiger partial charge on any atom is -0.479 e. The van der Waals surface area contributed by atoms with E-state index in [1.807, 2.05) is 0 Å². The fourth-order valence-corrected chi connectivity index (χ4v) is 5.49. The highest BCUT2D eigenvalue weighted by Crippen LogP contribution is 2.34. The Bertz CT molecular complexity index is 990. The first kappa shape index (κ1) is 37.5. The molecule has 0 spiro atoms. The number of carboxylic acids is 1. The van der Waals surface area contributed by atoms with Crippen molar-refractivity contribution in [2.24, 2.45) is 0 Å². The van der Waals surface area contributed by atoms with Gasteiger partial charge in [-0.2, -0.15) is 0 Å². The van der Waals surface area contributed by atoms with E-state index in [4.69, 9.17) is 33.2 Å². The van der Waals surface area contributed by atoms with Crippen molar-refractivity contribution in [2.75, 3.05) is 19.8 Å². The monoisotopic (exact) mass is 680 g/mol. The molecule has 0 aromatic rings. The number of hydrogen-bond acceptors (Lipinski definition) is 21. The molecular formula is C24H40O22. The van der Waals surface area contributed by atoms with Gasteiger partial charge in [0.25, 0.3) is 0 Å². The van der Waals surface area contributed by atoms with E-state index < -0.39 is 149 Å². The van der Waals surface area contributed by atoms with Gasteiger partial charge in [0, 0.05) is 0 Å². The van der Waals surface area contributed by atoms with Crippen molar-refractivity contribution in [2.45, 2.75) is 123 Å². The molecular weight excluding hydrogens is 640 g/mol. The van der Waals surface area contributed by atoms with E-state index in [2.05, 4.69) is 0 Å². The normalized spacial score (nSPS) is 51.9. The van der Waals surface area contributed by atoms with Crippen LogP contribution in [0.15, 0.2) is 0 Å². The molecule has 0 saturated carbocycles. The summed E-state index contributed by atoms with van der Waals surface area (Å²) in [5.74, 6) is -1.81. The zero-order valence-corrected chi connectivity index (χ0v) is 23.7. The maximum Gasteiger partial charge on any atom is 0.335 e. The lowest BCUT2D eigenvalue weighted by atomic mass is 9.95. The van der Waals surface area contributed by atoms with Gasteiger partial charge in [-0.1, -0.05) is 0 Å². The predicted octanol–water partition coefficient (Wildman–Crippen LogP) is -9.66. The Morgan fingerprint density at radius 2 is 0.913 bits per heavy atom. The van der Waals surface area contributed by atoms with Crippen LogP contribution in [0.3, 0.4) is 0 Å². The summed E-state index contributed by atoms with van der Waals surface area (Å²) in [6.45, 7) is -2.69. The van der Waals surface area contributed by atoms with Gasteiger partial charge in [-0.25, -0.2) is 4.79 Å². The fourth-order valence-electron chi connectivity index (χ4n) is 5.49. The number of carboxylic acid groups (broad SMARTS) is 1. The summed E-state index contributed by atoms with van der Waals surface area (Å²) in [4.78, 5) is 11.8. The molecule has 4 aliphatic rings. The first-order valence-corrected chi connectivity index (χ1v) is 14.1. The van der Waals surface area contributed by atoms with Crippen molar-refractivity contribution in [3.8, 4) is 0 Å². The summed E-state index contributed by atoms with van der Waals surface area (Å²) >= 11 is 0. The second kappa shape index (κ2) is 15.5. The summed E-state index contributed by atoms with van der Waals surface area (Å²) in [6.07, 6.45) is -39.0. The average molecular weight is 681 g/mol. The largest absolute Gasteiger partial charge is 0.479 e. The van der Waals surface area contributed by atoms with E-state index in [0.29, 0.717) is 0 Å². The molecule has 0 radical (unpaired) electrons. The number of rotatable bonds is 10. The van der Waals surface area contributed by atoms with E-state index in [0.717, 1.165) is 0 Å². The lowest BCUT2D eigenvalue weighted by molar-refractivity contribution is -0.393. The standard InChI is InChI=1S/C24H40O22/c25-1-4-7(28)10(31)13(34)22(41-4)46-19-12(33)11(32)18(20(37)38)45-24(19)44-17-9(30)6(3-27)42-23(15(17)36)43-16-8(29)5(2-26)40-21(39)14(16)35/h4-19,21-36,39H,1-3H2,(H,37,38)/t4-,5-,6-,7-,8-,9-,10+,11+,12+,13-,14-,15+,16+,17+,18+,19-,21?,22+,23-,24+/m1/s1. The van der Waals surface area contributed by atoms with Crippen LogP contribution >= 0.6 is 0 Å². The van der Waals surface area contributed by atoms with Crippen molar-refractivity contribution < 1.29 is 109 Å². The highest BCUT2D eigenvalue weighted by molar-refractivity contribution is 5.73. The van der Waals surface area contributed by atoms with Crippen LogP contribution in [0.4, 0.5) is 0 Å². The highest BCUT2D eigenvalue weighted by atomic mass is 16.8. The van der Waals surface area contributed by atoms with Gasteiger partial charge in [-0.3, -0.25) is 0 Å². The van der Waals surface area contributed by atoms with Crippen LogP contribution in [0.2, 0.25) is 0 Å². The van der Waals surface area contributed by atoms with E-state index >= 15 is 0 Å². The Balaban J connectivity index is 1.60. The van der Waals surface area contributed by atoms with Crippen molar-refractivity contribution in [1.29, 1.82) is 0 Å². The van der Waals surface area contributed by atoms with E-state index in [1.165, 1.54) is 0 Å². The number of aliphatic hydroxyl groups is 13. The molecule has 0 aromatic heterocycles. The summed E-state index contributed by atoms with van der Waals surface area (Å²) in [5, 5.41) is 143. The molecule has 268 valence electrons. The second-order valence-corrected chi connectivity index (χ2v) is 11.2. The molecule has 20 atom stereocenters. The third-order valence-corrected chi connectivity index (χ3v) is 8.17. The van der Waals surface area contributed by atoms with Gasteiger partial charge < -0.3 is 105 Å². The smallest absolute Gasteiger partial charge is 0.335 e. The Morgan fingerprint density at radius 3 is 1.46 bits per heavy atom. The minimum atomic E-state index is -2.23. The van der Waals surface area contributed by atoms with E-state index in [9.17, 15) is 76.3 Å². The molecule has 1 unspecified atom stereocenters. The Morgan fingerprint density at radius 1 is 0.457 bits per heavy atom. The van der Waals surface area contributed by atoms with Crippen LogP contribution in [0.1, 0.15) is 0 Å². The average Bonchev–Trinajstić information content (AvgIpc) is 3.02. The second-order valence-electron chi connectivity index (χ2n) is 11.2. The van der Waals surface area contributed by atoms with Gasteiger partial charge in [0.2, 0.25) is 0 Å². The number of carbonyl (C=O) groups is 1. The molecule has 4 fully saturated rings. The third-order valence-electron chi connectivity index (χ3n) is 8.17. The lowest BCUT2D eigenvalue weighted by Gasteiger charge is -2.49. The van der Waals surface area contributed by atoms with Gasteiger partial charge in [-0.15, -0.1) is 0 Å². The van der Waals surface area contributed by atoms with Crippen LogP contribution in [0.25, 0.3) is 0 Å². The van der Waals surface area contributed by atoms with Crippen molar-refractivity contribution >= 4 is 5.97 Å². The summed E-state index contributed by atoms with van der Waals surface area (Å²) in [5.41, 5.74) is 0. The van der Waals surface area contributed by atoms with Gasteiger partial charge in [0.1, 0.15) is 91.6 Å². The Hall–Kier alpha value is -1.33. The predicted molar refractivity (Wildman–Crippen MR) is 134 cm³/mol. The van der Waals surface area contributed by atoms with Crippen LogP contribution in [-0.2, 0) is 38.0 Å². The van der Waals surface area contributed by atoms with Gasteiger partial charge >= 0.3 is 5.97 Å². The van der Waals surface area contributed by atoms with Crippen LogP contribution in [-0.4, -0.2) is 220 Å². The Kier molecular flexibility index (Phi) is 12.6. The highest BCUT2D eigenvalue weighted by Gasteiger charge is 2.56. The van der Waals surface area contributed by atoms with Crippen LogP contribution in [0, 0.1) is 0 Å². The summed E-state index contributed by atoms with van der Waals surface area (Å²) in [7, 11) is 0.